The Kier molecular flexibility index (Phi) is 2.33. The van der Waals surface area contributed by atoms with Gasteiger partial charge in [-0.25, -0.2) is 0 Å². The van der Waals surface area contributed by atoms with Gasteiger partial charge in [-0.2, -0.15) is 0 Å². The molecule has 0 amide bonds. The van der Waals surface area contributed by atoms with Crippen molar-refractivity contribution in [3.05, 3.63) is 42.3 Å². The third-order valence-electron chi connectivity index (χ3n) is 3.01. The van der Waals surface area contributed by atoms with Crippen LogP contribution in [0.2, 0.25) is 0 Å². The number of halogens is 1. The van der Waals surface area contributed by atoms with E-state index in [9.17, 15) is 0 Å². The number of nitrogens with zero attached hydrogens (tertiary/aromatic N) is 3. The van der Waals surface area contributed by atoms with E-state index < -0.39 is 0 Å². The van der Waals surface area contributed by atoms with Crippen LogP contribution in [0.15, 0.2) is 30.7 Å². The Labute approximate surface area is 106 Å². The first-order valence-corrected chi connectivity index (χ1v) is 6.22. The van der Waals surface area contributed by atoms with Crippen molar-refractivity contribution in [2.24, 2.45) is 0 Å². The second kappa shape index (κ2) is 3.71. The van der Waals surface area contributed by atoms with E-state index in [1.54, 1.807) is 6.20 Å². The summed E-state index contributed by atoms with van der Waals surface area (Å²) in [6.45, 7) is 3.97. The van der Waals surface area contributed by atoms with Gasteiger partial charge in [-0.05, 0) is 0 Å². The number of rotatable bonds is 1. The summed E-state index contributed by atoms with van der Waals surface area (Å²) in [4.78, 5) is 8.76. The first kappa shape index (κ1) is 10.1. The molecule has 0 bridgehead atoms. The van der Waals surface area contributed by atoms with Crippen LogP contribution in [0.3, 0.4) is 0 Å². The molecule has 1 fully saturated rings. The van der Waals surface area contributed by atoms with Crippen molar-refractivity contribution in [1.29, 1.82) is 0 Å². The molecule has 0 saturated heterocycles. The summed E-state index contributed by atoms with van der Waals surface area (Å²) in [7, 11) is 0. The fourth-order valence-electron chi connectivity index (χ4n) is 2.14. The summed E-state index contributed by atoms with van der Waals surface area (Å²) < 4.78 is 5.16. The van der Waals surface area contributed by atoms with E-state index in [0.717, 1.165) is 29.9 Å². The molecule has 3 nitrogen and oxygen atoms in total. The van der Waals surface area contributed by atoms with Crippen LogP contribution in [-0.4, -0.2) is 14.4 Å². The van der Waals surface area contributed by atoms with Crippen LogP contribution in [0.1, 0.15) is 30.3 Å². The second-order valence-corrected chi connectivity index (χ2v) is 4.64. The molecule has 0 spiro atoms. The SMILES string of the molecule is C=C1CC(c2ncc3c(C#I)nccn23)C1. The number of fused-ring (bicyclic) bond motifs is 1. The molecule has 1 aliphatic carbocycles. The van der Waals surface area contributed by atoms with Crippen LogP contribution in [0.4, 0.5) is 0 Å². The summed E-state index contributed by atoms with van der Waals surface area (Å²) in [5.74, 6) is 1.65. The molecule has 0 aliphatic heterocycles. The van der Waals surface area contributed by atoms with E-state index in [1.165, 1.54) is 5.57 Å². The fourth-order valence-corrected chi connectivity index (χ4v) is 2.56. The molecule has 2 heterocycles. The first-order chi connectivity index (χ1) is 7.79. The molecule has 3 rings (SSSR count). The number of allylic oxidation sites excluding steroid dienone is 1. The van der Waals surface area contributed by atoms with Gasteiger partial charge in [0.05, 0.1) is 0 Å². The average Bonchev–Trinajstić information content (AvgIpc) is 2.68. The van der Waals surface area contributed by atoms with Crippen LogP contribution in [0.5, 0.6) is 0 Å². The number of aromatic nitrogens is 3. The van der Waals surface area contributed by atoms with Gasteiger partial charge in [0, 0.05) is 0 Å². The van der Waals surface area contributed by atoms with Gasteiger partial charge >= 0.3 is 107 Å². The molecule has 0 radical (unpaired) electrons. The summed E-state index contributed by atoms with van der Waals surface area (Å²) >= 11 is 2.09. The van der Waals surface area contributed by atoms with Crippen molar-refractivity contribution >= 4 is 27.4 Å². The maximum absolute atomic E-state index is 4.50. The van der Waals surface area contributed by atoms with Crippen molar-refractivity contribution in [1.82, 2.24) is 14.4 Å². The van der Waals surface area contributed by atoms with Crippen molar-refractivity contribution in [2.45, 2.75) is 18.8 Å². The van der Waals surface area contributed by atoms with Gasteiger partial charge in [0.1, 0.15) is 0 Å². The van der Waals surface area contributed by atoms with Gasteiger partial charge in [-0.1, -0.05) is 0 Å². The number of hydrogen-bond donors (Lipinski definition) is 0. The van der Waals surface area contributed by atoms with Gasteiger partial charge in [0.2, 0.25) is 0 Å². The molecule has 0 unspecified atom stereocenters. The third-order valence-corrected chi connectivity index (χ3v) is 3.52. The van der Waals surface area contributed by atoms with E-state index in [1.807, 2.05) is 12.4 Å². The Morgan fingerprint density at radius 1 is 1.44 bits per heavy atom. The Hall–Kier alpha value is -1.13. The molecule has 4 heteroatoms. The van der Waals surface area contributed by atoms with Gasteiger partial charge in [-0.15, -0.1) is 0 Å². The quantitative estimate of drug-likeness (QED) is 0.597. The van der Waals surface area contributed by atoms with E-state index in [4.69, 9.17) is 0 Å². The van der Waals surface area contributed by atoms with Crippen LogP contribution in [-0.2, 0) is 0 Å². The van der Waals surface area contributed by atoms with Gasteiger partial charge < -0.3 is 0 Å². The van der Waals surface area contributed by atoms with Gasteiger partial charge in [0.15, 0.2) is 0 Å². The Morgan fingerprint density at radius 2 is 2.25 bits per heavy atom. The monoisotopic (exact) mass is 323 g/mol. The Balaban J connectivity index is 2.14. The topological polar surface area (TPSA) is 30.2 Å². The molecule has 16 heavy (non-hydrogen) atoms. The zero-order valence-corrected chi connectivity index (χ0v) is 10.8. The van der Waals surface area contributed by atoms with E-state index in [-0.39, 0.29) is 0 Å². The van der Waals surface area contributed by atoms with Crippen LogP contribution in [0.25, 0.3) is 5.52 Å². The van der Waals surface area contributed by atoms with Crippen LogP contribution in [0, 0.1) is 3.81 Å². The molecular weight excluding hydrogens is 313 g/mol. The molecule has 1 aliphatic rings. The molecule has 0 atom stereocenters. The van der Waals surface area contributed by atoms with Crippen molar-refractivity contribution in [3.8, 4) is 3.81 Å². The molecule has 0 N–H and O–H groups in total. The molecule has 1 saturated carbocycles. The molecule has 0 aromatic carbocycles. The van der Waals surface area contributed by atoms with Crippen LogP contribution < -0.4 is 0 Å². The number of hydrogen-bond acceptors (Lipinski definition) is 2. The first-order valence-electron chi connectivity index (χ1n) is 5.15. The minimum absolute atomic E-state index is 0.527. The predicted octanol–water partition coefficient (Wildman–Crippen LogP) is 2.91. The zero-order valence-electron chi connectivity index (χ0n) is 8.65. The van der Waals surface area contributed by atoms with Gasteiger partial charge in [0.25, 0.3) is 0 Å². The molecule has 2 aromatic rings. The second-order valence-electron chi connectivity index (χ2n) is 4.10. The van der Waals surface area contributed by atoms with E-state index in [0.29, 0.717) is 5.92 Å². The zero-order chi connectivity index (χ0) is 11.1. The summed E-state index contributed by atoms with van der Waals surface area (Å²) in [6.07, 6.45) is 7.77. The van der Waals surface area contributed by atoms with E-state index >= 15 is 0 Å². The summed E-state index contributed by atoms with van der Waals surface area (Å²) in [5.41, 5.74) is 3.22. The normalized spacial score (nSPS) is 16.1. The van der Waals surface area contributed by atoms with Gasteiger partial charge in [-0.3, -0.25) is 0 Å². The van der Waals surface area contributed by atoms with Crippen molar-refractivity contribution in [2.75, 3.05) is 0 Å². The molecule has 2 aromatic heterocycles. The average molecular weight is 323 g/mol. The van der Waals surface area contributed by atoms with Crippen molar-refractivity contribution in [3.63, 3.8) is 0 Å². The summed E-state index contributed by atoms with van der Waals surface area (Å²) in [6, 6.07) is 0. The predicted molar refractivity (Wildman–Crippen MR) is 71.1 cm³/mol. The van der Waals surface area contributed by atoms with Crippen LogP contribution >= 0.6 is 21.9 Å². The Bertz CT molecular complexity index is 613. The standard InChI is InChI=1S/C12H10IN3/c1-8-4-9(5-8)12-15-7-11-10(6-13)14-2-3-16(11)12/h2-3,7,9H,1,4-5H2. The minimum atomic E-state index is 0.527. The maximum atomic E-state index is 4.50. The molecular formula is C12H10IN3. The number of imidazole rings is 1. The third kappa shape index (κ3) is 1.41. The fraction of sp³-hybridized carbons (Fsp3) is 0.250. The van der Waals surface area contributed by atoms with Crippen molar-refractivity contribution < 1.29 is 0 Å². The van der Waals surface area contributed by atoms with E-state index in [2.05, 4.69) is 46.7 Å². The molecule has 80 valence electrons. The summed E-state index contributed by atoms with van der Waals surface area (Å²) in [5, 5.41) is 0. The Morgan fingerprint density at radius 3 is 2.94 bits per heavy atom.